The molecular weight excluding hydrogens is 328 g/mol. The summed E-state index contributed by atoms with van der Waals surface area (Å²) in [6, 6.07) is 12.9. The van der Waals surface area contributed by atoms with Gasteiger partial charge in [0.05, 0.1) is 11.6 Å². The van der Waals surface area contributed by atoms with Gasteiger partial charge in [0, 0.05) is 32.9 Å². The molecule has 1 aliphatic rings. The van der Waals surface area contributed by atoms with E-state index in [4.69, 9.17) is 5.26 Å². The average molecular weight is 352 g/mol. The molecule has 7 heteroatoms. The minimum Gasteiger partial charge on any atom is -0.355 e. The number of benzene rings is 1. The van der Waals surface area contributed by atoms with Crippen LogP contribution in [0.1, 0.15) is 30.4 Å². The van der Waals surface area contributed by atoms with Crippen molar-refractivity contribution >= 4 is 11.8 Å². The third-order valence-electron chi connectivity index (χ3n) is 4.00. The summed E-state index contributed by atoms with van der Waals surface area (Å²) < 4.78 is 0. The molecule has 136 valence electrons. The van der Waals surface area contributed by atoms with Crippen LogP contribution in [-0.2, 0) is 6.54 Å². The molecule has 0 bridgehead atoms. The first-order chi connectivity index (χ1) is 12.7. The van der Waals surface area contributed by atoms with Crippen molar-refractivity contribution in [3.63, 3.8) is 0 Å². The fraction of sp³-hybridized carbons (Fsp3) is 0.368. The normalized spacial score (nSPS) is 13.0. The Kier molecular flexibility index (Phi) is 7.87. The number of urea groups is 1. The number of aromatic nitrogens is 2. The Balaban J connectivity index is 0.000000189. The SMILES string of the molecule is CNC(=O)NCc1ccc(C#N)cc1.c1cnnc(N2CCCCC2)c1. The van der Waals surface area contributed by atoms with Crippen LogP contribution in [0.3, 0.4) is 0 Å². The van der Waals surface area contributed by atoms with Gasteiger partial charge in [-0.15, -0.1) is 5.10 Å². The van der Waals surface area contributed by atoms with Crippen molar-refractivity contribution in [2.45, 2.75) is 25.8 Å². The van der Waals surface area contributed by atoms with Gasteiger partial charge >= 0.3 is 6.03 Å². The Labute approximate surface area is 154 Å². The highest BCUT2D eigenvalue weighted by Crippen LogP contribution is 2.15. The standard InChI is InChI=1S/C10H11N3O.C9H13N3/c1-12-10(14)13-7-9-4-2-8(6-11)3-5-9;1-2-7-12(8-3-1)9-5-4-6-10-11-9/h2-5H,7H2,1H3,(H2,12,13,14);4-6H,1-3,7-8H2. The van der Waals surface area contributed by atoms with Crippen LogP contribution in [0, 0.1) is 11.3 Å². The van der Waals surface area contributed by atoms with E-state index in [0.29, 0.717) is 12.1 Å². The van der Waals surface area contributed by atoms with Crippen LogP contribution < -0.4 is 15.5 Å². The Morgan fingerprint density at radius 2 is 1.92 bits per heavy atom. The Morgan fingerprint density at radius 3 is 2.50 bits per heavy atom. The lowest BCUT2D eigenvalue weighted by molar-refractivity contribution is 0.242. The minimum atomic E-state index is -0.214. The van der Waals surface area contributed by atoms with Gasteiger partial charge in [-0.05, 0) is 49.1 Å². The molecule has 7 nitrogen and oxygen atoms in total. The summed E-state index contributed by atoms with van der Waals surface area (Å²) in [4.78, 5) is 13.1. The van der Waals surface area contributed by atoms with Gasteiger partial charge in [-0.2, -0.15) is 10.4 Å². The second-order valence-corrected chi connectivity index (χ2v) is 5.87. The quantitative estimate of drug-likeness (QED) is 0.885. The largest absolute Gasteiger partial charge is 0.355 e. The van der Waals surface area contributed by atoms with E-state index in [-0.39, 0.29) is 6.03 Å². The van der Waals surface area contributed by atoms with Crippen LogP contribution in [0.25, 0.3) is 0 Å². The van der Waals surface area contributed by atoms with Gasteiger partial charge in [0.25, 0.3) is 0 Å². The molecule has 0 unspecified atom stereocenters. The summed E-state index contributed by atoms with van der Waals surface area (Å²) >= 11 is 0. The van der Waals surface area contributed by atoms with Crippen LogP contribution >= 0.6 is 0 Å². The lowest BCUT2D eigenvalue weighted by Crippen LogP contribution is -2.32. The zero-order valence-corrected chi connectivity index (χ0v) is 15.0. The van der Waals surface area contributed by atoms with Crippen molar-refractivity contribution < 1.29 is 4.79 Å². The molecule has 1 aromatic carbocycles. The molecule has 2 aromatic rings. The summed E-state index contributed by atoms with van der Waals surface area (Å²) in [5.41, 5.74) is 1.58. The molecule has 26 heavy (non-hydrogen) atoms. The van der Waals surface area contributed by atoms with E-state index < -0.39 is 0 Å². The second-order valence-electron chi connectivity index (χ2n) is 5.87. The first kappa shape index (κ1) is 19.2. The number of nitrogens with one attached hydrogen (secondary N) is 2. The lowest BCUT2D eigenvalue weighted by atomic mass is 10.1. The third kappa shape index (κ3) is 6.40. The van der Waals surface area contributed by atoms with Crippen LogP contribution in [0.5, 0.6) is 0 Å². The number of amides is 2. The predicted octanol–water partition coefficient (Wildman–Crippen LogP) is 2.45. The molecule has 2 amide bonds. The van der Waals surface area contributed by atoms with Gasteiger partial charge in [0.1, 0.15) is 0 Å². The highest BCUT2D eigenvalue weighted by molar-refractivity contribution is 5.73. The number of anilines is 1. The highest BCUT2D eigenvalue weighted by atomic mass is 16.2. The molecule has 0 radical (unpaired) electrons. The number of nitrogens with zero attached hydrogens (tertiary/aromatic N) is 4. The van der Waals surface area contributed by atoms with Crippen LogP contribution in [0.4, 0.5) is 10.6 Å². The topological polar surface area (TPSA) is 93.9 Å². The van der Waals surface area contributed by atoms with Crippen molar-refractivity contribution in [2.75, 3.05) is 25.0 Å². The first-order valence-corrected chi connectivity index (χ1v) is 8.70. The molecule has 1 fully saturated rings. The van der Waals surface area contributed by atoms with Gasteiger partial charge in [0.15, 0.2) is 5.82 Å². The van der Waals surface area contributed by atoms with E-state index in [0.717, 1.165) is 24.5 Å². The number of rotatable bonds is 3. The zero-order chi connectivity index (χ0) is 18.6. The number of carbonyl (C=O) groups is 1. The smallest absolute Gasteiger partial charge is 0.314 e. The molecule has 2 N–H and O–H groups in total. The van der Waals surface area contributed by atoms with E-state index in [1.54, 1.807) is 25.4 Å². The molecule has 0 spiro atoms. The van der Waals surface area contributed by atoms with Crippen molar-refractivity contribution in [1.29, 1.82) is 5.26 Å². The number of hydrogen-bond acceptors (Lipinski definition) is 5. The van der Waals surface area contributed by atoms with Crippen molar-refractivity contribution in [3.8, 4) is 6.07 Å². The summed E-state index contributed by atoms with van der Waals surface area (Å²) in [6.45, 7) is 2.74. The molecule has 3 rings (SSSR count). The summed E-state index contributed by atoms with van der Waals surface area (Å²) in [7, 11) is 1.56. The van der Waals surface area contributed by atoms with Gasteiger partial charge < -0.3 is 15.5 Å². The summed E-state index contributed by atoms with van der Waals surface area (Å²) in [5.74, 6) is 1.03. The second kappa shape index (κ2) is 10.7. The molecule has 1 saturated heterocycles. The van der Waals surface area contributed by atoms with E-state index in [1.807, 2.05) is 30.3 Å². The van der Waals surface area contributed by atoms with Gasteiger partial charge in [-0.25, -0.2) is 4.79 Å². The maximum atomic E-state index is 10.8. The fourth-order valence-corrected chi connectivity index (χ4v) is 2.55. The molecule has 1 aliphatic heterocycles. The fourth-order valence-electron chi connectivity index (χ4n) is 2.55. The Bertz CT molecular complexity index is 705. The van der Waals surface area contributed by atoms with Gasteiger partial charge in [0.2, 0.25) is 0 Å². The van der Waals surface area contributed by atoms with E-state index >= 15 is 0 Å². The van der Waals surface area contributed by atoms with E-state index in [9.17, 15) is 4.79 Å². The lowest BCUT2D eigenvalue weighted by Gasteiger charge is -2.26. The highest BCUT2D eigenvalue weighted by Gasteiger charge is 2.11. The number of hydrogen-bond donors (Lipinski definition) is 2. The third-order valence-corrected chi connectivity index (χ3v) is 4.00. The van der Waals surface area contributed by atoms with Crippen LogP contribution in [0.2, 0.25) is 0 Å². The van der Waals surface area contributed by atoms with E-state index in [1.165, 1.54) is 19.3 Å². The molecule has 0 aliphatic carbocycles. The molecule has 1 aromatic heterocycles. The summed E-state index contributed by atoms with van der Waals surface area (Å²) in [5, 5.41) is 21.6. The molecule has 0 atom stereocenters. The van der Waals surface area contributed by atoms with Crippen molar-refractivity contribution in [1.82, 2.24) is 20.8 Å². The first-order valence-electron chi connectivity index (χ1n) is 8.70. The van der Waals surface area contributed by atoms with Gasteiger partial charge in [-0.1, -0.05) is 12.1 Å². The Hall–Kier alpha value is -3.14. The van der Waals surface area contributed by atoms with Crippen molar-refractivity contribution in [2.24, 2.45) is 0 Å². The predicted molar refractivity (Wildman–Crippen MR) is 101 cm³/mol. The number of nitriles is 1. The maximum Gasteiger partial charge on any atom is 0.314 e. The van der Waals surface area contributed by atoms with Gasteiger partial charge in [-0.3, -0.25) is 0 Å². The maximum absolute atomic E-state index is 10.8. The number of piperidine rings is 1. The molecular formula is C19H24N6O. The molecule has 2 heterocycles. The van der Waals surface area contributed by atoms with Crippen LogP contribution in [0.15, 0.2) is 42.6 Å². The van der Waals surface area contributed by atoms with E-state index in [2.05, 4.69) is 25.7 Å². The average Bonchev–Trinajstić information content (AvgIpc) is 2.74. The summed E-state index contributed by atoms with van der Waals surface area (Å²) in [6.07, 6.45) is 5.65. The monoisotopic (exact) mass is 352 g/mol. The molecule has 0 saturated carbocycles. The van der Waals surface area contributed by atoms with Crippen molar-refractivity contribution in [3.05, 3.63) is 53.7 Å². The number of carbonyl (C=O) groups excluding carboxylic acids is 1. The zero-order valence-electron chi connectivity index (χ0n) is 15.0. The minimum absolute atomic E-state index is 0.214. The van der Waals surface area contributed by atoms with Crippen LogP contribution in [-0.4, -0.2) is 36.4 Å². The Morgan fingerprint density at radius 1 is 1.19 bits per heavy atom.